The summed E-state index contributed by atoms with van der Waals surface area (Å²) >= 11 is 0. The fourth-order valence-corrected chi connectivity index (χ4v) is 3.77. The van der Waals surface area contributed by atoms with Crippen molar-refractivity contribution in [2.24, 2.45) is 0 Å². The summed E-state index contributed by atoms with van der Waals surface area (Å²) in [5.74, 6) is 1.30. The minimum atomic E-state index is -0.0521. The van der Waals surface area contributed by atoms with Gasteiger partial charge in [0.1, 0.15) is 5.82 Å². The average molecular weight is 416 g/mol. The number of likely N-dealkylation sites (tertiary alicyclic amines) is 1. The van der Waals surface area contributed by atoms with Crippen LogP contribution in [0.5, 0.6) is 0 Å². The Morgan fingerprint density at radius 3 is 2.65 bits per heavy atom. The van der Waals surface area contributed by atoms with Gasteiger partial charge in [-0.05, 0) is 57.1 Å². The van der Waals surface area contributed by atoms with Crippen molar-refractivity contribution in [3.63, 3.8) is 0 Å². The summed E-state index contributed by atoms with van der Waals surface area (Å²) in [6.07, 6.45) is 5.58. The predicted molar refractivity (Wildman–Crippen MR) is 125 cm³/mol. The van der Waals surface area contributed by atoms with Crippen LogP contribution < -0.4 is 10.6 Å². The van der Waals surface area contributed by atoms with Gasteiger partial charge < -0.3 is 15.5 Å². The third-order valence-corrected chi connectivity index (χ3v) is 5.52. The smallest absolute Gasteiger partial charge is 0.251 e. The molecule has 0 bridgehead atoms. The first kappa shape index (κ1) is 21.0. The molecule has 1 saturated heterocycles. The molecule has 2 aromatic carbocycles. The van der Waals surface area contributed by atoms with E-state index in [1.807, 2.05) is 54.6 Å². The molecule has 1 amide bonds. The third-order valence-electron chi connectivity index (χ3n) is 5.52. The topological polar surface area (TPSA) is 70.2 Å². The minimum absolute atomic E-state index is 0.0521. The maximum absolute atomic E-state index is 12.6. The highest BCUT2D eigenvalue weighted by molar-refractivity contribution is 5.95. The van der Waals surface area contributed by atoms with E-state index in [1.54, 1.807) is 6.20 Å². The van der Waals surface area contributed by atoms with Crippen molar-refractivity contribution in [1.82, 2.24) is 20.2 Å². The molecule has 1 aliphatic heterocycles. The number of aryl methyl sites for hydroxylation is 1. The molecule has 6 nitrogen and oxygen atoms in total. The first-order chi connectivity index (χ1) is 15.2. The normalized spacial score (nSPS) is 14.2. The summed E-state index contributed by atoms with van der Waals surface area (Å²) < 4.78 is 0. The van der Waals surface area contributed by atoms with Crippen LogP contribution in [0.25, 0.3) is 11.4 Å². The van der Waals surface area contributed by atoms with Crippen LogP contribution in [0, 0.1) is 6.92 Å². The van der Waals surface area contributed by atoms with Gasteiger partial charge in [-0.15, -0.1) is 0 Å². The van der Waals surface area contributed by atoms with Gasteiger partial charge in [-0.3, -0.25) is 4.79 Å². The lowest BCUT2D eigenvalue weighted by atomic mass is 10.1. The number of nitrogens with zero attached hydrogens (tertiary/aromatic N) is 3. The monoisotopic (exact) mass is 415 g/mol. The van der Waals surface area contributed by atoms with E-state index in [4.69, 9.17) is 0 Å². The maximum Gasteiger partial charge on any atom is 0.251 e. The van der Waals surface area contributed by atoms with E-state index in [2.05, 4.69) is 32.4 Å². The summed E-state index contributed by atoms with van der Waals surface area (Å²) in [6.45, 7) is 5.91. The second kappa shape index (κ2) is 10.2. The number of carbonyl (C=O) groups excluding carboxylic acids is 1. The van der Waals surface area contributed by atoms with Crippen molar-refractivity contribution in [3.05, 3.63) is 71.9 Å². The van der Waals surface area contributed by atoms with Crippen LogP contribution in [0.1, 0.15) is 35.2 Å². The number of aromatic nitrogens is 2. The van der Waals surface area contributed by atoms with E-state index < -0.39 is 0 Å². The van der Waals surface area contributed by atoms with Crippen molar-refractivity contribution in [1.29, 1.82) is 0 Å². The highest BCUT2D eigenvalue weighted by Gasteiger charge is 2.11. The largest absolute Gasteiger partial charge is 0.351 e. The Labute approximate surface area is 183 Å². The zero-order valence-electron chi connectivity index (χ0n) is 18.0. The summed E-state index contributed by atoms with van der Waals surface area (Å²) in [5, 5.41) is 6.33. The molecule has 0 radical (unpaired) electrons. The van der Waals surface area contributed by atoms with Gasteiger partial charge >= 0.3 is 0 Å². The molecule has 2 N–H and O–H groups in total. The molecule has 1 fully saturated rings. The lowest BCUT2D eigenvalue weighted by Crippen LogP contribution is -2.37. The van der Waals surface area contributed by atoms with Crippen LogP contribution in [0.15, 0.2) is 60.8 Å². The summed E-state index contributed by atoms with van der Waals surface area (Å²) in [5.41, 5.74) is 3.62. The predicted octanol–water partition coefficient (Wildman–Crippen LogP) is 4.41. The molecule has 0 spiro atoms. The van der Waals surface area contributed by atoms with Gasteiger partial charge in [0.25, 0.3) is 5.91 Å². The Balaban J connectivity index is 1.37. The van der Waals surface area contributed by atoms with Gasteiger partial charge in [0.2, 0.25) is 0 Å². The van der Waals surface area contributed by atoms with Crippen LogP contribution in [0.2, 0.25) is 0 Å². The Bertz CT molecular complexity index is 1010. The fourth-order valence-electron chi connectivity index (χ4n) is 3.77. The zero-order valence-corrected chi connectivity index (χ0v) is 18.0. The molecule has 0 unspecified atom stereocenters. The molecule has 3 aromatic rings. The average Bonchev–Trinajstić information content (AvgIpc) is 2.80. The maximum atomic E-state index is 12.6. The number of rotatable bonds is 7. The second-order valence-corrected chi connectivity index (χ2v) is 8.00. The van der Waals surface area contributed by atoms with Crippen molar-refractivity contribution in [2.75, 3.05) is 31.5 Å². The summed E-state index contributed by atoms with van der Waals surface area (Å²) in [6, 6.07) is 17.4. The van der Waals surface area contributed by atoms with E-state index >= 15 is 0 Å². The molecular formula is C25H29N5O. The number of hydrogen-bond acceptors (Lipinski definition) is 5. The first-order valence-corrected chi connectivity index (χ1v) is 11.0. The van der Waals surface area contributed by atoms with Crippen LogP contribution in [0.3, 0.4) is 0 Å². The Morgan fingerprint density at radius 2 is 1.84 bits per heavy atom. The molecule has 0 atom stereocenters. The van der Waals surface area contributed by atoms with Crippen molar-refractivity contribution >= 4 is 17.4 Å². The Hall–Kier alpha value is -3.25. The summed E-state index contributed by atoms with van der Waals surface area (Å²) in [4.78, 5) is 24.0. The number of hydrogen-bond donors (Lipinski definition) is 2. The van der Waals surface area contributed by atoms with E-state index in [1.165, 1.54) is 24.8 Å². The molecule has 31 heavy (non-hydrogen) atoms. The van der Waals surface area contributed by atoms with Gasteiger partial charge in [-0.1, -0.05) is 42.3 Å². The molecule has 4 rings (SSSR count). The van der Waals surface area contributed by atoms with Gasteiger partial charge in [-0.25, -0.2) is 9.97 Å². The highest BCUT2D eigenvalue weighted by Crippen LogP contribution is 2.20. The van der Waals surface area contributed by atoms with Crippen LogP contribution in [-0.2, 0) is 0 Å². The van der Waals surface area contributed by atoms with Crippen molar-refractivity contribution in [3.8, 4) is 11.4 Å². The fraction of sp³-hybridized carbons (Fsp3) is 0.320. The van der Waals surface area contributed by atoms with Gasteiger partial charge in [0, 0.05) is 36.1 Å². The lowest BCUT2D eigenvalue weighted by molar-refractivity contribution is 0.0946. The highest BCUT2D eigenvalue weighted by atomic mass is 16.1. The van der Waals surface area contributed by atoms with Crippen molar-refractivity contribution < 1.29 is 4.79 Å². The number of carbonyl (C=O) groups is 1. The van der Waals surface area contributed by atoms with Gasteiger partial charge in [0.15, 0.2) is 5.82 Å². The molecule has 1 aliphatic rings. The molecule has 2 heterocycles. The number of piperidine rings is 1. The third kappa shape index (κ3) is 5.89. The lowest BCUT2D eigenvalue weighted by Gasteiger charge is -2.26. The standard InChI is InChI=1S/C25H29N5O/c1-19-8-10-20(11-9-19)24-26-13-12-23(29-24)28-22-7-5-6-21(18-22)25(31)27-14-17-30-15-3-2-4-16-30/h5-13,18H,2-4,14-17H2,1H3,(H,27,31)(H,26,28,29). The number of anilines is 2. The van der Waals surface area contributed by atoms with E-state index in [0.717, 1.165) is 30.9 Å². The van der Waals surface area contributed by atoms with E-state index in [0.29, 0.717) is 23.8 Å². The van der Waals surface area contributed by atoms with Gasteiger partial charge in [0.05, 0.1) is 0 Å². The zero-order chi connectivity index (χ0) is 21.5. The van der Waals surface area contributed by atoms with E-state index in [9.17, 15) is 4.79 Å². The molecule has 0 saturated carbocycles. The molecular weight excluding hydrogens is 386 g/mol. The SMILES string of the molecule is Cc1ccc(-c2nccc(Nc3cccc(C(=O)NCCN4CCCCC4)c3)n2)cc1. The molecule has 1 aromatic heterocycles. The Morgan fingerprint density at radius 1 is 1.03 bits per heavy atom. The van der Waals surface area contributed by atoms with Crippen LogP contribution >= 0.6 is 0 Å². The van der Waals surface area contributed by atoms with Gasteiger partial charge in [-0.2, -0.15) is 0 Å². The van der Waals surface area contributed by atoms with Crippen LogP contribution in [-0.4, -0.2) is 47.0 Å². The quantitative estimate of drug-likeness (QED) is 0.598. The number of nitrogens with one attached hydrogen (secondary N) is 2. The number of benzene rings is 2. The molecule has 160 valence electrons. The first-order valence-electron chi connectivity index (χ1n) is 11.0. The number of amides is 1. The van der Waals surface area contributed by atoms with E-state index in [-0.39, 0.29) is 5.91 Å². The molecule has 0 aliphatic carbocycles. The van der Waals surface area contributed by atoms with Crippen molar-refractivity contribution in [2.45, 2.75) is 26.2 Å². The summed E-state index contributed by atoms with van der Waals surface area (Å²) in [7, 11) is 0. The second-order valence-electron chi connectivity index (χ2n) is 8.00. The molecule has 6 heteroatoms. The van der Waals surface area contributed by atoms with Crippen LogP contribution in [0.4, 0.5) is 11.5 Å². The Kier molecular flexibility index (Phi) is 6.89. The minimum Gasteiger partial charge on any atom is -0.351 e.